The lowest BCUT2D eigenvalue weighted by atomic mass is 9.94. The Kier molecular flexibility index (Phi) is 7.50. The number of hydrogen-bond acceptors (Lipinski definition) is 4. The molecule has 0 saturated carbocycles. The number of thioether (sulfide) groups is 1. The van der Waals surface area contributed by atoms with E-state index in [0.29, 0.717) is 18.4 Å². The molecule has 26 heavy (non-hydrogen) atoms. The van der Waals surface area contributed by atoms with Gasteiger partial charge >= 0.3 is 0 Å². The summed E-state index contributed by atoms with van der Waals surface area (Å²) in [7, 11) is 1.73. The molecule has 142 valence electrons. The van der Waals surface area contributed by atoms with Crippen molar-refractivity contribution in [1.29, 1.82) is 0 Å². The van der Waals surface area contributed by atoms with Crippen molar-refractivity contribution >= 4 is 17.7 Å². The van der Waals surface area contributed by atoms with Crippen LogP contribution >= 0.6 is 11.8 Å². The summed E-state index contributed by atoms with van der Waals surface area (Å²) in [4.78, 5) is 9.57. The number of nitrogens with one attached hydrogen (secondary N) is 2. The van der Waals surface area contributed by atoms with Crippen molar-refractivity contribution in [1.82, 2.24) is 15.6 Å². The minimum absolute atomic E-state index is 0.0482. The number of hydrogen-bond donors (Lipinski definition) is 2. The van der Waals surface area contributed by atoms with Gasteiger partial charge in [0, 0.05) is 23.9 Å². The van der Waals surface area contributed by atoms with E-state index < -0.39 is 0 Å². The molecule has 0 atom stereocenters. The second-order valence-electron chi connectivity index (χ2n) is 6.88. The van der Waals surface area contributed by atoms with Gasteiger partial charge in [-0.3, -0.25) is 4.99 Å². The van der Waals surface area contributed by atoms with Gasteiger partial charge in [-0.2, -0.15) is 0 Å². The summed E-state index contributed by atoms with van der Waals surface area (Å²) >= 11 is 1.71. The van der Waals surface area contributed by atoms with Gasteiger partial charge < -0.3 is 15.1 Å². The summed E-state index contributed by atoms with van der Waals surface area (Å²) in [5.41, 5.74) is -0.0482. The Morgan fingerprint density at radius 2 is 1.96 bits per heavy atom. The third kappa shape index (κ3) is 6.71. The zero-order valence-corrected chi connectivity index (χ0v) is 16.6. The van der Waals surface area contributed by atoms with Crippen LogP contribution < -0.4 is 10.6 Å². The number of rotatable bonds is 7. The Hall–Kier alpha value is -2.02. The highest BCUT2D eigenvalue weighted by Crippen LogP contribution is 2.22. The Bertz CT molecular complexity index is 707. The summed E-state index contributed by atoms with van der Waals surface area (Å²) in [5.74, 6) is 2.98. The summed E-state index contributed by atoms with van der Waals surface area (Å²) in [6.07, 6.45) is 2.75. The van der Waals surface area contributed by atoms with Gasteiger partial charge in [-0.15, -0.1) is 11.8 Å². The lowest BCUT2D eigenvalue weighted by Crippen LogP contribution is -2.37. The number of nitrogens with zero attached hydrogens (tertiary/aromatic N) is 2. The molecular formula is C19H27FN4OS. The molecular weight excluding hydrogens is 351 g/mol. The Labute approximate surface area is 158 Å². The SMILES string of the molecule is CN=C(NCCCSc1ccc(F)cc1)NCc1ncc(C(C)(C)C)o1. The zero-order valence-electron chi connectivity index (χ0n) is 15.8. The van der Waals surface area contributed by atoms with Gasteiger partial charge in [-0.25, -0.2) is 9.37 Å². The zero-order chi connectivity index (χ0) is 19.0. The minimum Gasteiger partial charge on any atom is -0.443 e. The van der Waals surface area contributed by atoms with Crippen LogP contribution in [-0.4, -0.2) is 30.3 Å². The average Bonchev–Trinajstić information content (AvgIpc) is 3.08. The highest BCUT2D eigenvalue weighted by atomic mass is 32.2. The van der Waals surface area contributed by atoms with E-state index in [-0.39, 0.29) is 11.2 Å². The molecule has 1 heterocycles. The van der Waals surface area contributed by atoms with Crippen molar-refractivity contribution in [2.75, 3.05) is 19.3 Å². The molecule has 1 aromatic heterocycles. The minimum atomic E-state index is -0.202. The standard InChI is InChI=1S/C19H27FN4OS/c1-19(2,3)16-12-23-17(25-16)13-24-18(21-4)22-10-5-11-26-15-8-6-14(20)7-9-15/h6-9,12H,5,10-11,13H2,1-4H3,(H2,21,22,24). The van der Waals surface area contributed by atoms with E-state index in [1.54, 1.807) is 37.1 Å². The van der Waals surface area contributed by atoms with E-state index in [1.807, 2.05) is 0 Å². The van der Waals surface area contributed by atoms with Crippen LogP contribution in [0.25, 0.3) is 0 Å². The fourth-order valence-corrected chi connectivity index (χ4v) is 2.97. The summed E-state index contributed by atoms with van der Waals surface area (Å²) in [6.45, 7) is 7.56. The Morgan fingerprint density at radius 1 is 1.23 bits per heavy atom. The van der Waals surface area contributed by atoms with E-state index in [2.05, 4.69) is 41.4 Å². The van der Waals surface area contributed by atoms with Gasteiger partial charge in [0.2, 0.25) is 5.89 Å². The van der Waals surface area contributed by atoms with Gasteiger partial charge in [0.1, 0.15) is 11.6 Å². The van der Waals surface area contributed by atoms with E-state index in [9.17, 15) is 4.39 Å². The Balaban J connectivity index is 1.66. The maximum Gasteiger partial charge on any atom is 0.213 e. The predicted octanol–water partition coefficient (Wildman–Crippen LogP) is 3.96. The number of aromatic nitrogens is 1. The van der Waals surface area contributed by atoms with Crippen molar-refractivity contribution in [3.63, 3.8) is 0 Å². The largest absolute Gasteiger partial charge is 0.443 e. The van der Waals surface area contributed by atoms with E-state index in [0.717, 1.165) is 29.4 Å². The molecule has 0 bridgehead atoms. The average molecular weight is 379 g/mol. The third-order valence-corrected chi connectivity index (χ3v) is 4.72. The van der Waals surface area contributed by atoms with E-state index in [4.69, 9.17) is 4.42 Å². The second kappa shape index (κ2) is 9.62. The molecule has 0 aliphatic heterocycles. The van der Waals surface area contributed by atoms with E-state index in [1.165, 1.54) is 12.1 Å². The van der Waals surface area contributed by atoms with Crippen molar-refractivity contribution < 1.29 is 8.81 Å². The number of halogens is 1. The Morgan fingerprint density at radius 3 is 2.58 bits per heavy atom. The summed E-state index contributed by atoms with van der Waals surface area (Å²) in [5, 5.41) is 6.47. The number of guanidine groups is 1. The molecule has 0 aliphatic rings. The molecule has 0 radical (unpaired) electrons. The third-order valence-electron chi connectivity index (χ3n) is 3.62. The predicted molar refractivity (Wildman–Crippen MR) is 105 cm³/mol. The first-order valence-electron chi connectivity index (χ1n) is 8.66. The normalized spacial score (nSPS) is 12.3. The van der Waals surface area contributed by atoms with Crippen LogP contribution in [-0.2, 0) is 12.0 Å². The fraction of sp³-hybridized carbons (Fsp3) is 0.474. The van der Waals surface area contributed by atoms with Gasteiger partial charge in [0.15, 0.2) is 5.96 Å². The van der Waals surface area contributed by atoms with Crippen molar-refractivity contribution in [3.05, 3.63) is 47.9 Å². The highest BCUT2D eigenvalue weighted by molar-refractivity contribution is 7.99. The molecule has 0 saturated heterocycles. The molecule has 0 amide bonds. The molecule has 2 N–H and O–H groups in total. The molecule has 0 fully saturated rings. The highest BCUT2D eigenvalue weighted by Gasteiger charge is 2.19. The molecule has 7 heteroatoms. The monoisotopic (exact) mass is 378 g/mol. The maximum atomic E-state index is 12.9. The summed E-state index contributed by atoms with van der Waals surface area (Å²) in [6, 6.07) is 6.58. The van der Waals surface area contributed by atoms with Gasteiger partial charge in [0.05, 0.1) is 12.7 Å². The molecule has 0 spiro atoms. The molecule has 5 nitrogen and oxygen atoms in total. The molecule has 1 aromatic carbocycles. The van der Waals surface area contributed by atoms with Crippen LogP contribution in [0, 0.1) is 5.82 Å². The van der Waals surface area contributed by atoms with Gasteiger partial charge in [0.25, 0.3) is 0 Å². The van der Waals surface area contributed by atoms with Crippen LogP contribution in [0.1, 0.15) is 38.8 Å². The van der Waals surface area contributed by atoms with Crippen LogP contribution in [0.4, 0.5) is 4.39 Å². The van der Waals surface area contributed by atoms with Crippen LogP contribution in [0.3, 0.4) is 0 Å². The molecule has 2 aromatic rings. The lowest BCUT2D eigenvalue weighted by Gasteiger charge is -2.13. The van der Waals surface area contributed by atoms with Crippen LogP contribution in [0.5, 0.6) is 0 Å². The number of aliphatic imine (C=N–C) groups is 1. The maximum absolute atomic E-state index is 12.9. The lowest BCUT2D eigenvalue weighted by molar-refractivity contribution is 0.379. The van der Waals surface area contributed by atoms with Gasteiger partial charge in [-0.05, 0) is 36.4 Å². The first-order valence-corrected chi connectivity index (χ1v) is 9.65. The van der Waals surface area contributed by atoms with E-state index >= 15 is 0 Å². The molecule has 0 unspecified atom stereocenters. The molecule has 0 aliphatic carbocycles. The quantitative estimate of drug-likeness (QED) is 0.330. The van der Waals surface area contributed by atoms with Crippen molar-refractivity contribution in [2.45, 2.75) is 44.0 Å². The van der Waals surface area contributed by atoms with Crippen LogP contribution in [0.2, 0.25) is 0 Å². The first kappa shape index (κ1) is 20.3. The van der Waals surface area contributed by atoms with Crippen LogP contribution in [0.15, 0.2) is 44.8 Å². The fourth-order valence-electron chi connectivity index (χ4n) is 2.12. The topological polar surface area (TPSA) is 62.5 Å². The van der Waals surface area contributed by atoms with Crippen molar-refractivity contribution in [2.24, 2.45) is 4.99 Å². The smallest absolute Gasteiger partial charge is 0.213 e. The second-order valence-corrected chi connectivity index (χ2v) is 8.05. The molecule has 2 rings (SSSR count). The van der Waals surface area contributed by atoms with Gasteiger partial charge in [-0.1, -0.05) is 20.8 Å². The van der Waals surface area contributed by atoms with Crippen molar-refractivity contribution in [3.8, 4) is 0 Å². The number of benzene rings is 1. The summed E-state index contributed by atoms with van der Waals surface area (Å²) < 4.78 is 18.6. The first-order chi connectivity index (χ1) is 12.4. The number of oxazole rings is 1.